The van der Waals surface area contributed by atoms with Crippen LogP contribution in [-0.4, -0.2) is 17.3 Å². The van der Waals surface area contributed by atoms with Gasteiger partial charge in [-0.1, -0.05) is 25.4 Å². The van der Waals surface area contributed by atoms with Gasteiger partial charge in [0.05, 0.1) is 16.8 Å². The van der Waals surface area contributed by atoms with Gasteiger partial charge in [0, 0.05) is 15.0 Å². The third kappa shape index (κ3) is 2.17. The highest BCUT2D eigenvalue weighted by molar-refractivity contribution is 14.1. The lowest BCUT2D eigenvalue weighted by molar-refractivity contribution is -0.0510. The van der Waals surface area contributed by atoms with E-state index in [2.05, 4.69) is 41.8 Å². The first-order chi connectivity index (χ1) is 7.41. The molecule has 16 heavy (non-hydrogen) atoms. The number of aliphatic hydroxyl groups excluding tert-OH is 1. The van der Waals surface area contributed by atoms with Gasteiger partial charge in [-0.05, 0) is 47.2 Å². The van der Waals surface area contributed by atoms with Gasteiger partial charge in [-0.25, -0.2) is 0 Å². The molecule has 2 atom stereocenters. The van der Waals surface area contributed by atoms with Crippen molar-refractivity contribution in [3.63, 3.8) is 0 Å². The number of hydrogen-bond donors (Lipinski definition) is 2. The largest absolute Gasteiger partial charge is 0.392 e. The van der Waals surface area contributed by atoms with Gasteiger partial charge in [0.25, 0.3) is 0 Å². The summed E-state index contributed by atoms with van der Waals surface area (Å²) in [7, 11) is 0. The molecule has 0 amide bonds. The molecule has 1 aliphatic carbocycles. The van der Waals surface area contributed by atoms with Crippen LogP contribution in [0.5, 0.6) is 0 Å². The second-order valence-electron chi connectivity index (χ2n) is 4.89. The monoisotopic (exact) mass is 351 g/mol. The van der Waals surface area contributed by atoms with E-state index in [1.54, 1.807) is 0 Å². The lowest BCUT2D eigenvalue weighted by Crippen LogP contribution is -2.56. The van der Waals surface area contributed by atoms with Crippen LogP contribution in [0, 0.1) is 8.99 Å². The molecular weight excluding hydrogens is 336 g/mol. The fourth-order valence-electron chi connectivity index (χ4n) is 1.94. The second kappa shape index (κ2) is 4.35. The van der Waals surface area contributed by atoms with Crippen LogP contribution in [0.3, 0.4) is 0 Å². The average Bonchev–Trinajstić information content (AvgIpc) is 2.21. The highest BCUT2D eigenvalue weighted by Crippen LogP contribution is 2.43. The standard InChI is InChI=1S/C12H15ClINO/c1-12(2)10(6-11(12)16)15-9-4-3-7(14)5-8(9)13/h3-5,10-11,15-16H,6H2,1-2H3. The summed E-state index contributed by atoms with van der Waals surface area (Å²) in [5.41, 5.74) is 0.874. The topological polar surface area (TPSA) is 32.3 Å². The van der Waals surface area contributed by atoms with Gasteiger partial charge in [-0.15, -0.1) is 0 Å². The summed E-state index contributed by atoms with van der Waals surface area (Å²) in [6, 6.07) is 6.24. The Kier molecular flexibility index (Phi) is 3.39. The normalized spacial score (nSPS) is 27.3. The Balaban J connectivity index is 2.11. The third-order valence-corrected chi connectivity index (χ3v) is 4.46. The molecular formula is C12H15ClINO. The van der Waals surface area contributed by atoms with Crippen molar-refractivity contribution in [2.45, 2.75) is 32.4 Å². The minimum absolute atomic E-state index is 0.0771. The highest BCUT2D eigenvalue weighted by atomic mass is 127. The van der Waals surface area contributed by atoms with Gasteiger partial charge in [0.1, 0.15) is 0 Å². The van der Waals surface area contributed by atoms with Crippen LogP contribution < -0.4 is 5.32 Å². The molecule has 0 bridgehead atoms. The third-order valence-electron chi connectivity index (χ3n) is 3.48. The van der Waals surface area contributed by atoms with Gasteiger partial charge in [0.2, 0.25) is 0 Å². The number of halogens is 2. The van der Waals surface area contributed by atoms with Crippen molar-refractivity contribution < 1.29 is 5.11 Å². The molecule has 0 heterocycles. The van der Waals surface area contributed by atoms with Gasteiger partial charge in [0.15, 0.2) is 0 Å². The van der Waals surface area contributed by atoms with Crippen LogP contribution in [0.15, 0.2) is 18.2 Å². The minimum atomic E-state index is -0.215. The molecule has 2 rings (SSSR count). The molecule has 1 fully saturated rings. The second-order valence-corrected chi connectivity index (χ2v) is 6.55. The molecule has 1 aliphatic rings. The molecule has 88 valence electrons. The van der Waals surface area contributed by atoms with Crippen molar-refractivity contribution >= 4 is 39.9 Å². The highest BCUT2D eigenvalue weighted by Gasteiger charge is 2.47. The van der Waals surface area contributed by atoms with E-state index >= 15 is 0 Å². The predicted octanol–water partition coefficient (Wildman–Crippen LogP) is 3.52. The van der Waals surface area contributed by atoms with Crippen LogP contribution in [0.4, 0.5) is 5.69 Å². The summed E-state index contributed by atoms with van der Waals surface area (Å²) in [5, 5.41) is 13.8. The van der Waals surface area contributed by atoms with Crippen LogP contribution >= 0.6 is 34.2 Å². The number of nitrogens with one attached hydrogen (secondary N) is 1. The van der Waals surface area contributed by atoms with E-state index in [1.807, 2.05) is 18.2 Å². The Morgan fingerprint density at radius 1 is 1.50 bits per heavy atom. The van der Waals surface area contributed by atoms with Crippen LogP contribution in [0.1, 0.15) is 20.3 Å². The number of aliphatic hydroxyl groups is 1. The summed E-state index contributed by atoms with van der Waals surface area (Å²) in [6.07, 6.45) is 0.572. The zero-order valence-corrected chi connectivity index (χ0v) is 12.2. The molecule has 0 aliphatic heterocycles. The molecule has 1 aromatic rings. The van der Waals surface area contributed by atoms with E-state index in [4.69, 9.17) is 11.6 Å². The maximum atomic E-state index is 9.66. The summed E-state index contributed by atoms with van der Waals surface area (Å²) in [4.78, 5) is 0. The maximum Gasteiger partial charge on any atom is 0.0648 e. The van der Waals surface area contributed by atoms with Gasteiger partial charge in [-0.3, -0.25) is 0 Å². The Bertz CT molecular complexity index is 408. The van der Waals surface area contributed by atoms with E-state index in [-0.39, 0.29) is 11.5 Å². The summed E-state index contributed by atoms with van der Waals surface area (Å²) in [5.74, 6) is 0. The van der Waals surface area contributed by atoms with E-state index in [0.717, 1.165) is 20.7 Å². The molecule has 2 unspecified atom stereocenters. The Morgan fingerprint density at radius 2 is 2.19 bits per heavy atom. The smallest absolute Gasteiger partial charge is 0.0648 e. The average molecular weight is 352 g/mol. The Hall–Kier alpha value is -0.0000000000000000555. The first-order valence-corrected chi connectivity index (χ1v) is 6.76. The molecule has 2 N–H and O–H groups in total. The van der Waals surface area contributed by atoms with E-state index in [0.29, 0.717) is 6.04 Å². The quantitative estimate of drug-likeness (QED) is 0.799. The van der Waals surface area contributed by atoms with Crippen LogP contribution in [0.25, 0.3) is 0 Å². The van der Waals surface area contributed by atoms with E-state index in [9.17, 15) is 5.11 Å². The fraction of sp³-hybridized carbons (Fsp3) is 0.500. The van der Waals surface area contributed by atoms with Crippen molar-refractivity contribution in [2.24, 2.45) is 5.41 Å². The lowest BCUT2D eigenvalue weighted by atomic mass is 9.64. The van der Waals surface area contributed by atoms with Crippen molar-refractivity contribution in [1.29, 1.82) is 0 Å². The molecule has 0 saturated heterocycles. The summed E-state index contributed by atoms with van der Waals surface area (Å²) >= 11 is 8.39. The molecule has 0 spiro atoms. The van der Waals surface area contributed by atoms with Crippen molar-refractivity contribution in [2.75, 3.05) is 5.32 Å². The van der Waals surface area contributed by atoms with E-state index in [1.165, 1.54) is 0 Å². The number of benzene rings is 1. The van der Waals surface area contributed by atoms with E-state index < -0.39 is 0 Å². The minimum Gasteiger partial charge on any atom is -0.392 e. The Labute approximate surface area is 115 Å². The Morgan fingerprint density at radius 3 is 2.69 bits per heavy atom. The molecule has 4 heteroatoms. The number of hydrogen-bond acceptors (Lipinski definition) is 2. The molecule has 1 saturated carbocycles. The molecule has 1 aromatic carbocycles. The van der Waals surface area contributed by atoms with Crippen molar-refractivity contribution in [3.05, 3.63) is 26.8 Å². The molecule has 0 aromatic heterocycles. The summed E-state index contributed by atoms with van der Waals surface area (Å²) < 4.78 is 1.13. The number of rotatable bonds is 2. The SMILES string of the molecule is CC1(C)C(O)CC1Nc1ccc(I)cc1Cl. The molecule has 2 nitrogen and oxygen atoms in total. The number of anilines is 1. The van der Waals surface area contributed by atoms with Gasteiger partial charge < -0.3 is 10.4 Å². The zero-order chi connectivity index (χ0) is 11.9. The summed E-state index contributed by atoms with van der Waals surface area (Å²) in [6.45, 7) is 4.14. The predicted molar refractivity (Wildman–Crippen MR) is 76.0 cm³/mol. The van der Waals surface area contributed by atoms with Crippen LogP contribution in [0.2, 0.25) is 5.02 Å². The zero-order valence-electron chi connectivity index (χ0n) is 9.30. The first kappa shape index (κ1) is 12.5. The maximum absolute atomic E-state index is 9.66. The fourth-order valence-corrected chi connectivity index (χ4v) is 2.85. The van der Waals surface area contributed by atoms with Crippen LogP contribution in [-0.2, 0) is 0 Å². The lowest BCUT2D eigenvalue weighted by Gasteiger charge is -2.50. The molecule has 0 radical (unpaired) electrons. The first-order valence-electron chi connectivity index (χ1n) is 5.31. The van der Waals surface area contributed by atoms with Crippen molar-refractivity contribution in [1.82, 2.24) is 0 Å². The van der Waals surface area contributed by atoms with Crippen molar-refractivity contribution in [3.8, 4) is 0 Å². The van der Waals surface area contributed by atoms with Gasteiger partial charge >= 0.3 is 0 Å². The van der Waals surface area contributed by atoms with Gasteiger partial charge in [-0.2, -0.15) is 0 Å².